The quantitative estimate of drug-likeness (QED) is 0.851. The molecule has 0 aromatic heterocycles. The second-order valence-electron chi connectivity index (χ2n) is 5.63. The van der Waals surface area contributed by atoms with E-state index in [9.17, 15) is 18.0 Å². The van der Waals surface area contributed by atoms with Gasteiger partial charge in [-0.15, -0.1) is 0 Å². The van der Waals surface area contributed by atoms with Crippen molar-refractivity contribution in [1.29, 1.82) is 0 Å². The molecule has 0 atom stereocenters. The third kappa shape index (κ3) is 4.08. The number of carbonyl (C=O) groups excluding carboxylic acids is 1. The Morgan fingerprint density at radius 3 is 2.50 bits per heavy atom. The zero-order valence-corrected chi connectivity index (χ0v) is 13.8. The van der Waals surface area contributed by atoms with Crippen molar-refractivity contribution >= 4 is 17.3 Å². The predicted octanol–water partition coefficient (Wildman–Crippen LogP) is 4.29. The Morgan fingerprint density at radius 2 is 1.92 bits per heavy atom. The van der Waals surface area contributed by atoms with Gasteiger partial charge in [0, 0.05) is 25.0 Å². The molecule has 0 spiro atoms. The number of carbonyl (C=O) groups is 1. The SMILES string of the molecule is CC(=O)Nc1ccc(C(F)(F)F)cc1Oc1ccc(N2C=CNC2)cc1. The lowest BCUT2D eigenvalue weighted by Gasteiger charge is -2.17. The summed E-state index contributed by atoms with van der Waals surface area (Å²) in [6.45, 7) is 1.91. The van der Waals surface area contributed by atoms with E-state index in [4.69, 9.17) is 4.74 Å². The zero-order valence-electron chi connectivity index (χ0n) is 13.8. The molecule has 0 fully saturated rings. The van der Waals surface area contributed by atoms with Crippen molar-refractivity contribution in [3.8, 4) is 11.5 Å². The number of halogens is 3. The minimum absolute atomic E-state index is 0.0782. The van der Waals surface area contributed by atoms with Crippen LogP contribution in [-0.2, 0) is 11.0 Å². The number of benzene rings is 2. The van der Waals surface area contributed by atoms with E-state index in [1.54, 1.807) is 24.3 Å². The molecule has 2 aromatic rings. The van der Waals surface area contributed by atoms with Crippen molar-refractivity contribution in [3.63, 3.8) is 0 Å². The molecule has 0 radical (unpaired) electrons. The van der Waals surface area contributed by atoms with Crippen molar-refractivity contribution in [3.05, 3.63) is 60.4 Å². The normalized spacial score (nSPS) is 13.5. The summed E-state index contributed by atoms with van der Waals surface area (Å²) in [4.78, 5) is 13.2. The molecule has 5 nitrogen and oxygen atoms in total. The van der Waals surface area contributed by atoms with Crippen molar-refractivity contribution in [2.45, 2.75) is 13.1 Å². The third-order valence-corrected chi connectivity index (χ3v) is 3.65. The van der Waals surface area contributed by atoms with Gasteiger partial charge in [-0.1, -0.05) is 0 Å². The lowest BCUT2D eigenvalue weighted by atomic mass is 10.1. The maximum atomic E-state index is 13.0. The highest BCUT2D eigenvalue weighted by Gasteiger charge is 2.31. The largest absolute Gasteiger partial charge is 0.455 e. The van der Waals surface area contributed by atoms with Crippen molar-refractivity contribution in [2.75, 3.05) is 16.9 Å². The summed E-state index contributed by atoms with van der Waals surface area (Å²) in [6, 6.07) is 9.82. The zero-order chi connectivity index (χ0) is 18.7. The number of amides is 1. The van der Waals surface area contributed by atoms with E-state index in [1.807, 2.05) is 17.3 Å². The van der Waals surface area contributed by atoms with Gasteiger partial charge in [-0.05, 0) is 42.5 Å². The number of anilines is 2. The molecule has 0 saturated heterocycles. The average Bonchev–Trinajstić information content (AvgIpc) is 3.10. The standard InChI is InChI=1S/C18H16F3N3O2/c1-12(25)23-16-7-2-13(18(19,20)21)10-17(16)26-15-5-3-14(4-6-15)24-9-8-22-11-24/h2-10,22H,11H2,1H3,(H,23,25). The molecule has 1 aliphatic heterocycles. The number of rotatable bonds is 4. The van der Waals surface area contributed by atoms with Crippen LogP contribution in [0.1, 0.15) is 12.5 Å². The van der Waals surface area contributed by atoms with Crippen LogP contribution in [0.2, 0.25) is 0 Å². The molecule has 3 rings (SSSR count). The second-order valence-corrected chi connectivity index (χ2v) is 5.63. The van der Waals surface area contributed by atoms with Gasteiger partial charge in [-0.2, -0.15) is 13.2 Å². The van der Waals surface area contributed by atoms with E-state index >= 15 is 0 Å². The first-order valence-electron chi connectivity index (χ1n) is 7.76. The average molecular weight is 363 g/mol. The molecule has 1 aliphatic rings. The summed E-state index contributed by atoms with van der Waals surface area (Å²) in [6.07, 6.45) is -0.823. The van der Waals surface area contributed by atoms with Gasteiger partial charge < -0.3 is 20.3 Å². The molecule has 0 aliphatic carbocycles. The Hall–Kier alpha value is -3.16. The maximum absolute atomic E-state index is 13.0. The predicted molar refractivity (Wildman–Crippen MR) is 91.9 cm³/mol. The van der Waals surface area contributed by atoms with Gasteiger partial charge >= 0.3 is 6.18 Å². The maximum Gasteiger partial charge on any atom is 0.416 e. The molecule has 0 unspecified atom stereocenters. The topological polar surface area (TPSA) is 53.6 Å². The van der Waals surface area contributed by atoms with Crippen molar-refractivity contribution in [2.24, 2.45) is 0 Å². The summed E-state index contributed by atoms with van der Waals surface area (Å²) >= 11 is 0. The summed E-state index contributed by atoms with van der Waals surface area (Å²) in [5.74, 6) is -0.125. The van der Waals surface area contributed by atoms with Crippen molar-refractivity contribution < 1.29 is 22.7 Å². The third-order valence-electron chi connectivity index (χ3n) is 3.65. The van der Waals surface area contributed by atoms with Crippen molar-refractivity contribution in [1.82, 2.24) is 5.32 Å². The Balaban J connectivity index is 1.86. The van der Waals surface area contributed by atoms with Gasteiger partial charge in [0.2, 0.25) is 5.91 Å². The fourth-order valence-corrected chi connectivity index (χ4v) is 2.43. The van der Waals surface area contributed by atoms with E-state index in [-0.39, 0.29) is 11.4 Å². The van der Waals surface area contributed by atoms with E-state index in [2.05, 4.69) is 10.6 Å². The van der Waals surface area contributed by atoms with E-state index < -0.39 is 17.6 Å². The van der Waals surface area contributed by atoms with Crippen LogP contribution in [0.5, 0.6) is 11.5 Å². The lowest BCUT2D eigenvalue weighted by molar-refractivity contribution is -0.137. The Kier molecular flexibility index (Phi) is 4.75. The highest BCUT2D eigenvalue weighted by Crippen LogP contribution is 2.37. The van der Waals surface area contributed by atoms with Gasteiger partial charge in [0.15, 0.2) is 5.75 Å². The molecule has 0 saturated carbocycles. The minimum atomic E-state index is -4.51. The molecule has 26 heavy (non-hydrogen) atoms. The molecule has 8 heteroatoms. The molecule has 1 amide bonds. The van der Waals surface area contributed by atoms with Gasteiger partial charge in [0.1, 0.15) is 5.75 Å². The minimum Gasteiger partial charge on any atom is -0.455 e. The highest BCUT2D eigenvalue weighted by molar-refractivity contribution is 5.90. The highest BCUT2D eigenvalue weighted by atomic mass is 19.4. The van der Waals surface area contributed by atoms with Crippen LogP contribution in [0.4, 0.5) is 24.5 Å². The molecule has 0 bridgehead atoms. The Labute approximate surface area is 148 Å². The van der Waals surface area contributed by atoms with Crippen LogP contribution in [0, 0.1) is 0 Å². The Bertz CT molecular complexity index is 833. The van der Waals surface area contributed by atoms with Crippen LogP contribution in [0.25, 0.3) is 0 Å². The van der Waals surface area contributed by atoms with Crippen LogP contribution in [0.15, 0.2) is 54.9 Å². The van der Waals surface area contributed by atoms with Gasteiger partial charge in [0.25, 0.3) is 0 Å². The van der Waals surface area contributed by atoms with Gasteiger partial charge in [0.05, 0.1) is 17.9 Å². The van der Waals surface area contributed by atoms with Gasteiger partial charge in [-0.3, -0.25) is 4.79 Å². The molecular formula is C18H16F3N3O2. The Morgan fingerprint density at radius 1 is 1.19 bits per heavy atom. The van der Waals surface area contributed by atoms with Gasteiger partial charge in [-0.25, -0.2) is 0 Å². The molecule has 2 aromatic carbocycles. The lowest BCUT2D eigenvalue weighted by Crippen LogP contribution is -2.19. The van der Waals surface area contributed by atoms with E-state index in [0.29, 0.717) is 12.4 Å². The van der Waals surface area contributed by atoms with E-state index in [1.165, 1.54) is 13.0 Å². The number of hydrogen-bond donors (Lipinski definition) is 2. The summed E-state index contributed by atoms with van der Waals surface area (Å²) < 4.78 is 44.5. The molecule has 1 heterocycles. The second kappa shape index (κ2) is 6.99. The summed E-state index contributed by atoms with van der Waals surface area (Å²) in [7, 11) is 0. The summed E-state index contributed by atoms with van der Waals surface area (Å²) in [5, 5.41) is 5.51. The number of ether oxygens (including phenoxy) is 1. The first kappa shape index (κ1) is 17.7. The number of hydrogen-bond acceptors (Lipinski definition) is 4. The van der Waals surface area contributed by atoms with Crippen LogP contribution >= 0.6 is 0 Å². The first-order valence-corrected chi connectivity index (χ1v) is 7.76. The number of nitrogens with zero attached hydrogens (tertiary/aromatic N) is 1. The smallest absolute Gasteiger partial charge is 0.416 e. The van der Waals surface area contributed by atoms with Crippen LogP contribution in [0.3, 0.4) is 0 Å². The fraction of sp³-hybridized carbons (Fsp3) is 0.167. The number of alkyl halides is 3. The van der Waals surface area contributed by atoms with Crippen LogP contribution in [-0.4, -0.2) is 12.6 Å². The number of nitrogens with one attached hydrogen (secondary N) is 2. The molecular weight excluding hydrogens is 347 g/mol. The first-order chi connectivity index (χ1) is 12.3. The monoisotopic (exact) mass is 363 g/mol. The van der Waals surface area contributed by atoms with Crippen LogP contribution < -0.4 is 20.3 Å². The molecule has 136 valence electrons. The fourth-order valence-electron chi connectivity index (χ4n) is 2.43. The van der Waals surface area contributed by atoms with E-state index in [0.717, 1.165) is 17.8 Å². The molecule has 2 N–H and O–H groups in total. The summed E-state index contributed by atoms with van der Waals surface area (Å²) in [5.41, 5.74) is 0.220.